The zero-order chi connectivity index (χ0) is 19.9. The third-order valence-electron chi connectivity index (χ3n) is 4.83. The number of nitrogen functional groups attached to an aromatic ring is 2. The maximum atomic E-state index is 5.87. The number of rotatable bonds is 8. The number of ether oxygens (including phenoxy) is 2. The summed E-state index contributed by atoms with van der Waals surface area (Å²) in [4.78, 5) is 0. The highest BCUT2D eigenvalue weighted by atomic mass is 16.5. The van der Waals surface area contributed by atoms with E-state index >= 15 is 0 Å². The van der Waals surface area contributed by atoms with Crippen LogP contribution in [-0.4, -0.2) is 13.2 Å². The normalized spacial score (nSPS) is 12.9. The van der Waals surface area contributed by atoms with Gasteiger partial charge in [-0.3, -0.25) is 0 Å². The maximum absolute atomic E-state index is 5.87. The quantitative estimate of drug-likeness (QED) is 0.529. The molecule has 0 aliphatic carbocycles. The fourth-order valence-corrected chi connectivity index (χ4v) is 2.92. The fraction of sp³-hybridized carbons (Fsp3) is 0.250. The Morgan fingerprint density at radius 2 is 0.893 bits per heavy atom. The molecule has 0 saturated heterocycles. The molecule has 146 valence electrons. The first-order valence-corrected chi connectivity index (χ1v) is 9.58. The van der Waals surface area contributed by atoms with Crippen LogP contribution in [0.25, 0.3) is 0 Å². The Morgan fingerprint density at radius 3 is 1.21 bits per heavy atom. The van der Waals surface area contributed by atoms with Crippen molar-refractivity contribution in [3.63, 3.8) is 0 Å². The van der Waals surface area contributed by atoms with Gasteiger partial charge in [0.1, 0.15) is 11.5 Å². The molecule has 0 saturated carbocycles. The van der Waals surface area contributed by atoms with E-state index in [1.807, 2.05) is 48.5 Å². The summed E-state index contributed by atoms with van der Waals surface area (Å²) in [6.45, 7) is 5.58. The molecule has 4 nitrogen and oxygen atoms in total. The van der Waals surface area contributed by atoms with Crippen molar-refractivity contribution in [2.45, 2.75) is 25.7 Å². The molecule has 28 heavy (non-hydrogen) atoms. The fourth-order valence-electron chi connectivity index (χ4n) is 2.92. The number of hydrogen-bond donors (Lipinski definition) is 2. The van der Waals surface area contributed by atoms with Crippen molar-refractivity contribution in [2.24, 2.45) is 0 Å². The van der Waals surface area contributed by atoms with E-state index in [1.54, 1.807) is 0 Å². The van der Waals surface area contributed by atoms with Gasteiger partial charge in [0.05, 0.1) is 13.2 Å². The van der Waals surface area contributed by atoms with Crippen LogP contribution in [0.5, 0.6) is 11.5 Å². The van der Waals surface area contributed by atoms with E-state index in [9.17, 15) is 0 Å². The highest BCUT2D eigenvalue weighted by Crippen LogP contribution is 2.23. The lowest BCUT2D eigenvalue weighted by Gasteiger charge is -2.17. The highest BCUT2D eigenvalue weighted by Gasteiger charge is 2.10. The molecule has 2 unspecified atom stereocenters. The molecule has 0 radical (unpaired) electrons. The smallest absolute Gasteiger partial charge is 0.119 e. The molecule has 0 aliphatic heterocycles. The molecule has 0 aliphatic rings. The summed E-state index contributed by atoms with van der Waals surface area (Å²) in [6, 6.07) is 23.7. The summed E-state index contributed by atoms with van der Waals surface area (Å²) in [7, 11) is 0. The third kappa shape index (κ3) is 5.43. The highest BCUT2D eigenvalue weighted by molar-refractivity contribution is 5.42. The van der Waals surface area contributed by atoms with Gasteiger partial charge in [0.15, 0.2) is 0 Å². The van der Waals surface area contributed by atoms with Crippen LogP contribution in [0, 0.1) is 0 Å². The summed E-state index contributed by atoms with van der Waals surface area (Å²) in [5, 5.41) is 0. The summed E-state index contributed by atoms with van der Waals surface area (Å²) in [6.07, 6.45) is 0. The summed E-state index contributed by atoms with van der Waals surface area (Å²) in [5.41, 5.74) is 15.4. The van der Waals surface area contributed by atoms with Gasteiger partial charge in [0, 0.05) is 23.2 Å². The zero-order valence-electron chi connectivity index (χ0n) is 16.5. The predicted octanol–water partition coefficient (Wildman–Crippen LogP) is 5.22. The molecule has 3 aromatic rings. The van der Waals surface area contributed by atoms with Gasteiger partial charge < -0.3 is 20.9 Å². The Hall–Kier alpha value is -3.14. The monoisotopic (exact) mass is 376 g/mol. The summed E-state index contributed by atoms with van der Waals surface area (Å²) >= 11 is 0. The van der Waals surface area contributed by atoms with E-state index in [-0.39, 0.29) is 0 Å². The second kappa shape index (κ2) is 9.18. The Bertz CT molecular complexity index is 784. The van der Waals surface area contributed by atoms with Crippen molar-refractivity contribution in [1.29, 1.82) is 0 Å². The SMILES string of the molecule is CC(COc1ccc(N)cc1)c1ccc(C(C)COc2ccc(N)cc2)cc1. The minimum absolute atomic E-state index is 0.299. The van der Waals surface area contributed by atoms with E-state index in [0.29, 0.717) is 25.0 Å². The van der Waals surface area contributed by atoms with E-state index < -0.39 is 0 Å². The zero-order valence-corrected chi connectivity index (χ0v) is 16.5. The lowest BCUT2D eigenvalue weighted by atomic mass is 9.96. The minimum atomic E-state index is 0.299. The maximum Gasteiger partial charge on any atom is 0.119 e. The largest absolute Gasteiger partial charge is 0.493 e. The molecule has 0 spiro atoms. The van der Waals surface area contributed by atoms with E-state index in [2.05, 4.69) is 38.1 Å². The Morgan fingerprint density at radius 1 is 0.571 bits per heavy atom. The lowest BCUT2D eigenvalue weighted by molar-refractivity contribution is 0.294. The second-order valence-electron chi connectivity index (χ2n) is 7.23. The number of hydrogen-bond acceptors (Lipinski definition) is 4. The molecule has 4 heteroatoms. The van der Waals surface area contributed by atoms with Gasteiger partial charge >= 0.3 is 0 Å². The van der Waals surface area contributed by atoms with Crippen LogP contribution in [0.4, 0.5) is 11.4 Å². The molecule has 0 bridgehead atoms. The second-order valence-corrected chi connectivity index (χ2v) is 7.23. The Kier molecular flexibility index (Phi) is 6.43. The average molecular weight is 377 g/mol. The summed E-state index contributed by atoms with van der Waals surface area (Å²) < 4.78 is 11.7. The first-order valence-electron chi connectivity index (χ1n) is 9.58. The van der Waals surface area contributed by atoms with E-state index in [4.69, 9.17) is 20.9 Å². The van der Waals surface area contributed by atoms with E-state index in [0.717, 1.165) is 22.9 Å². The topological polar surface area (TPSA) is 70.5 Å². The molecule has 0 aromatic heterocycles. The van der Waals surface area contributed by atoms with Gasteiger partial charge in [0.25, 0.3) is 0 Å². The molecular weight excluding hydrogens is 348 g/mol. The molecule has 3 aromatic carbocycles. The van der Waals surface area contributed by atoms with Gasteiger partial charge in [-0.05, 0) is 59.7 Å². The van der Waals surface area contributed by atoms with Crippen molar-refractivity contribution in [3.05, 3.63) is 83.9 Å². The predicted molar refractivity (Wildman–Crippen MR) is 116 cm³/mol. The number of nitrogens with two attached hydrogens (primary N) is 2. The molecule has 2 atom stereocenters. The minimum Gasteiger partial charge on any atom is -0.493 e. The average Bonchev–Trinajstić information content (AvgIpc) is 2.72. The molecule has 3 rings (SSSR count). The van der Waals surface area contributed by atoms with Crippen LogP contribution in [0.1, 0.15) is 36.8 Å². The first-order chi connectivity index (χ1) is 13.5. The van der Waals surface area contributed by atoms with Crippen molar-refractivity contribution in [2.75, 3.05) is 24.7 Å². The van der Waals surface area contributed by atoms with Gasteiger partial charge in [-0.2, -0.15) is 0 Å². The van der Waals surface area contributed by atoms with Crippen molar-refractivity contribution in [1.82, 2.24) is 0 Å². The molecule has 0 heterocycles. The van der Waals surface area contributed by atoms with Crippen molar-refractivity contribution >= 4 is 11.4 Å². The summed E-state index contributed by atoms with van der Waals surface area (Å²) in [5.74, 6) is 2.28. The van der Waals surface area contributed by atoms with Crippen LogP contribution in [-0.2, 0) is 0 Å². The Balaban J connectivity index is 1.51. The van der Waals surface area contributed by atoms with Crippen LogP contribution >= 0.6 is 0 Å². The van der Waals surface area contributed by atoms with Gasteiger partial charge in [-0.1, -0.05) is 38.1 Å². The standard InChI is InChI=1S/C24H28N2O2/c1-17(15-27-23-11-7-21(25)8-12-23)19-3-5-20(6-4-19)18(2)16-28-24-13-9-22(26)10-14-24/h3-14,17-18H,15-16,25-26H2,1-2H3. The van der Waals surface area contributed by atoms with Crippen LogP contribution < -0.4 is 20.9 Å². The van der Waals surface area contributed by atoms with Gasteiger partial charge in [0.2, 0.25) is 0 Å². The molecular formula is C24H28N2O2. The molecule has 0 fully saturated rings. The van der Waals surface area contributed by atoms with Gasteiger partial charge in [-0.15, -0.1) is 0 Å². The van der Waals surface area contributed by atoms with Crippen molar-refractivity contribution < 1.29 is 9.47 Å². The first kappa shape index (κ1) is 19.6. The number of anilines is 2. The Labute approximate surface area is 167 Å². The third-order valence-corrected chi connectivity index (χ3v) is 4.83. The van der Waals surface area contributed by atoms with Crippen LogP contribution in [0.2, 0.25) is 0 Å². The van der Waals surface area contributed by atoms with E-state index in [1.165, 1.54) is 11.1 Å². The van der Waals surface area contributed by atoms with Crippen LogP contribution in [0.15, 0.2) is 72.8 Å². The lowest BCUT2D eigenvalue weighted by Crippen LogP contribution is -2.09. The van der Waals surface area contributed by atoms with Crippen molar-refractivity contribution in [3.8, 4) is 11.5 Å². The number of benzene rings is 3. The molecule has 0 amide bonds. The van der Waals surface area contributed by atoms with Gasteiger partial charge in [-0.25, -0.2) is 0 Å². The van der Waals surface area contributed by atoms with Crippen LogP contribution in [0.3, 0.4) is 0 Å². The molecule has 4 N–H and O–H groups in total.